The molecule has 3 aromatic rings. The van der Waals surface area contributed by atoms with Crippen molar-refractivity contribution in [3.63, 3.8) is 0 Å². The average molecular weight is 307 g/mol. The van der Waals surface area contributed by atoms with Crippen LogP contribution < -0.4 is 5.32 Å². The van der Waals surface area contributed by atoms with E-state index in [2.05, 4.69) is 16.4 Å². The Hall–Kier alpha value is -2.59. The van der Waals surface area contributed by atoms with Crippen LogP contribution in [0.4, 0.5) is 0 Å². The van der Waals surface area contributed by atoms with Crippen molar-refractivity contribution in [2.45, 2.75) is 20.0 Å². The van der Waals surface area contributed by atoms with Gasteiger partial charge in [0.25, 0.3) is 5.91 Å². The Bertz CT molecular complexity index is 836. The van der Waals surface area contributed by atoms with Crippen molar-refractivity contribution in [3.8, 4) is 0 Å². The molecule has 0 unspecified atom stereocenters. The molecule has 0 aliphatic carbocycles. The Morgan fingerprint density at radius 3 is 2.78 bits per heavy atom. The highest BCUT2D eigenvalue weighted by molar-refractivity contribution is 5.96. The maximum absolute atomic E-state index is 12.3. The maximum Gasteiger partial charge on any atom is 0.251 e. The van der Waals surface area contributed by atoms with Crippen LogP contribution in [-0.2, 0) is 18.1 Å². The van der Waals surface area contributed by atoms with Crippen molar-refractivity contribution in [2.75, 3.05) is 6.54 Å². The average Bonchev–Trinajstić information content (AvgIpc) is 2.98. The van der Waals surface area contributed by atoms with E-state index in [4.69, 9.17) is 0 Å². The van der Waals surface area contributed by atoms with Crippen molar-refractivity contribution in [1.29, 1.82) is 0 Å². The molecule has 0 aliphatic rings. The van der Waals surface area contributed by atoms with Gasteiger partial charge >= 0.3 is 0 Å². The van der Waals surface area contributed by atoms with Gasteiger partial charge in [-0.25, -0.2) is 5.11 Å². The number of para-hydroxylation sites is 1. The summed E-state index contributed by atoms with van der Waals surface area (Å²) in [6.45, 7) is 2.01. The quantitative estimate of drug-likeness (QED) is 0.745. The van der Waals surface area contributed by atoms with Crippen molar-refractivity contribution in [2.24, 2.45) is 0 Å². The number of aromatic nitrogens is 1. The smallest absolute Gasteiger partial charge is 0.251 e. The van der Waals surface area contributed by atoms with Crippen molar-refractivity contribution < 1.29 is 9.90 Å². The van der Waals surface area contributed by atoms with Crippen molar-refractivity contribution >= 4 is 16.8 Å². The highest BCUT2D eigenvalue weighted by Gasteiger charge is 2.12. The van der Waals surface area contributed by atoms with Crippen molar-refractivity contribution in [3.05, 3.63) is 70.9 Å². The first-order chi connectivity index (χ1) is 11.2. The summed E-state index contributed by atoms with van der Waals surface area (Å²) in [6, 6.07) is 13.5. The summed E-state index contributed by atoms with van der Waals surface area (Å²) in [7, 11) is 0. The molecule has 0 fully saturated rings. The summed E-state index contributed by atoms with van der Waals surface area (Å²) in [5, 5.41) is 15.4. The van der Waals surface area contributed by atoms with Crippen LogP contribution in [0, 0.1) is 6.92 Å². The van der Waals surface area contributed by atoms with Gasteiger partial charge in [0, 0.05) is 29.2 Å². The first-order valence-corrected chi connectivity index (χ1v) is 7.70. The van der Waals surface area contributed by atoms with Gasteiger partial charge in [-0.2, -0.15) is 0 Å². The summed E-state index contributed by atoms with van der Waals surface area (Å²) in [5.41, 5.74) is 4.20. The fourth-order valence-electron chi connectivity index (χ4n) is 2.85. The van der Waals surface area contributed by atoms with Crippen LogP contribution in [0.5, 0.6) is 0 Å². The van der Waals surface area contributed by atoms with Crippen LogP contribution in [0.15, 0.2) is 48.7 Å². The number of nitrogens with one attached hydrogen (secondary N) is 2. The molecule has 0 saturated carbocycles. The van der Waals surface area contributed by atoms with E-state index in [0.29, 0.717) is 17.7 Å². The molecule has 117 valence electrons. The second-order valence-corrected chi connectivity index (χ2v) is 5.61. The highest BCUT2D eigenvalue weighted by Crippen LogP contribution is 2.18. The van der Waals surface area contributed by atoms with Gasteiger partial charge in [0.05, 0.1) is 0 Å². The standard InChI is InChI=1S/C19H19N2O2/c1-13-5-4-7-16(17(13)12-22)19(23)20-10-9-14-11-21-18-8-3-2-6-15(14)18/h2-8,11,21H,9-10,12H2,1H3,(H,20,23). The molecule has 0 spiro atoms. The molecule has 4 nitrogen and oxygen atoms in total. The van der Waals surface area contributed by atoms with Gasteiger partial charge in [-0.05, 0) is 42.2 Å². The molecule has 0 atom stereocenters. The maximum atomic E-state index is 12.3. The number of amides is 1. The largest absolute Gasteiger partial charge is 0.361 e. The molecule has 2 aromatic carbocycles. The van der Waals surface area contributed by atoms with E-state index in [9.17, 15) is 9.90 Å². The molecule has 4 heteroatoms. The molecular formula is C19H19N2O2. The number of hydrogen-bond acceptors (Lipinski definition) is 1. The molecule has 1 heterocycles. The number of hydrogen-bond donors (Lipinski definition) is 2. The number of aryl methyl sites for hydroxylation is 1. The molecule has 2 N–H and O–H groups in total. The predicted molar refractivity (Wildman–Crippen MR) is 89.9 cm³/mol. The van der Waals surface area contributed by atoms with E-state index < -0.39 is 0 Å². The lowest BCUT2D eigenvalue weighted by molar-refractivity contribution is 0.0947. The van der Waals surface area contributed by atoms with Gasteiger partial charge in [0.1, 0.15) is 6.61 Å². The van der Waals surface area contributed by atoms with Crippen LogP contribution in [-0.4, -0.2) is 17.4 Å². The van der Waals surface area contributed by atoms with E-state index in [1.165, 1.54) is 10.9 Å². The Labute approximate surface area is 135 Å². The third kappa shape index (κ3) is 3.12. The zero-order chi connectivity index (χ0) is 16.2. The first kappa shape index (κ1) is 15.3. The number of H-pyrrole nitrogens is 1. The van der Waals surface area contributed by atoms with Gasteiger partial charge in [0.2, 0.25) is 0 Å². The summed E-state index contributed by atoms with van der Waals surface area (Å²) in [6.07, 6.45) is 2.72. The number of fused-ring (bicyclic) bond motifs is 1. The summed E-state index contributed by atoms with van der Waals surface area (Å²) < 4.78 is 0. The van der Waals surface area contributed by atoms with E-state index in [0.717, 1.165) is 17.5 Å². The number of benzene rings is 2. The summed E-state index contributed by atoms with van der Waals surface area (Å²) >= 11 is 0. The molecule has 0 bridgehead atoms. The first-order valence-electron chi connectivity index (χ1n) is 7.70. The Balaban J connectivity index is 1.67. The molecule has 0 saturated heterocycles. The van der Waals surface area contributed by atoms with Crippen LogP contribution >= 0.6 is 0 Å². The number of rotatable bonds is 5. The zero-order valence-electron chi connectivity index (χ0n) is 13.1. The lowest BCUT2D eigenvalue weighted by atomic mass is 10.0. The zero-order valence-corrected chi connectivity index (χ0v) is 13.1. The molecule has 1 radical (unpaired) electrons. The van der Waals surface area contributed by atoms with Gasteiger partial charge in [-0.15, -0.1) is 0 Å². The Morgan fingerprint density at radius 1 is 1.13 bits per heavy atom. The molecule has 0 aliphatic heterocycles. The van der Waals surface area contributed by atoms with Gasteiger partial charge in [0.15, 0.2) is 0 Å². The van der Waals surface area contributed by atoms with E-state index in [-0.39, 0.29) is 12.5 Å². The molecule has 3 rings (SSSR count). The highest BCUT2D eigenvalue weighted by atomic mass is 16.3. The Morgan fingerprint density at radius 2 is 1.96 bits per heavy atom. The third-order valence-electron chi connectivity index (χ3n) is 4.15. The molecule has 1 amide bonds. The second kappa shape index (κ2) is 6.67. The minimum atomic E-state index is -0.377. The van der Waals surface area contributed by atoms with Gasteiger partial charge in [-0.1, -0.05) is 30.3 Å². The van der Waals surface area contributed by atoms with Crippen LogP contribution in [0.1, 0.15) is 27.0 Å². The minimum Gasteiger partial charge on any atom is -0.361 e. The van der Waals surface area contributed by atoms with Gasteiger partial charge < -0.3 is 10.3 Å². The number of carbonyl (C=O) groups excluding carboxylic acids is 1. The fourth-order valence-corrected chi connectivity index (χ4v) is 2.85. The summed E-state index contributed by atoms with van der Waals surface area (Å²) in [5.74, 6) is -0.181. The Kier molecular flexibility index (Phi) is 4.44. The van der Waals surface area contributed by atoms with E-state index in [1.54, 1.807) is 6.07 Å². The van der Waals surface area contributed by atoms with E-state index >= 15 is 0 Å². The minimum absolute atomic E-state index is 0.181. The molecule has 23 heavy (non-hydrogen) atoms. The monoisotopic (exact) mass is 307 g/mol. The third-order valence-corrected chi connectivity index (χ3v) is 4.15. The van der Waals surface area contributed by atoms with Crippen LogP contribution in [0.25, 0.3) is 10.9 Å². The van der Waals surface area contributed by atoms with E-state index in [1.807, 2.05) is 43.5 Å². The molecular weight excluding hydrogens is 288 g/mol. The predicted octanol–water partition coefficient (Wildman–Crippen LogP) is 3.38. The van der Waals surface area contributed by atoms with Crippen LogP contribution in [0.3, 0.4) is 0 Å². The molecule has 1 aromatic heterocycles. The SMILES string of the molecule is Cc1cccc(C(=O)NCCc2c[nH]c3ccccc23)c1C[O]. The second-order valence-electron chi connectivity index (χ2n) is 5.61. The topological polar surface area (TPSA) is 64.8 Å². The lowest BCUT2D eigenvalue weighted by Gasteiger charge is -2.10. The van der Waals surface area contributed by atoms with Crippen LogP contribution in [0.2, 0.25) is 0 Å². The fraction of sp³-hybridized carbons (Fsp3) is 0.211. The van der Waals surface area contributed by atoms with Crippen molar-refractivity contribution in [1.82, 2.24) is 10.3 Å². The number of carbonyl (C=O) groups is 1. The lowest BCUT2D eigenvalue weighted by Crippen LogP contribution is -2.26. The normalized spacial score (nSPS) is 10.9. The van der Waals surface area contributed by atoms with Gasteiger partial charge in [-0.3, -0.25) is 4.79 Å². The number of aromatic amines is 1. The summed E-state index contributed by atoms with van der Waals surface area (Å²) in [4.78, 5) is 15.5.